The van der Waals surface area contributed by atoms with Crippen LogP contribution in [0, 0.1) is 10.8 Å². The maximum absolute atomic E-state index is 6.71. The fourth-order valence-corrected chi connectivity index (χ4v) is 4.98. The summed E-state index contributed by atoms with van der Waals surface area (Å²) in [5.74, 6) is 0. The molecule has 2 N–H and O–H groups in total. The van der Waals surface area contributed by atoms with Crippen molar-refractivity contribution in [2.45, 2.75) is 58.9 Å². The minimum Gasteiger partial charge on any atom is -0.325 e. The van der Waals surface area contributed by atoms with Gasteiger partial charge in [-0.1, -0.05) is 27.7 Å². The molecule has 1 nitrogen and oxygen atoms in total. The molecule has 0 aromatic carbocycles. The molecule has 1 heterocycles. The van der Waals surface area contributed by atoms with Crippen LogP contribution >= 0.6 is 11.3 Å². The van der Waals surface area contributed by atoms with E-state index in [-0.39, 0.29) is 5.54 Å². The summed E-state index contributed by atoms with van der Waals surface area (Å²) in [4.78, 5) is 0. The maximum atomic E-state index is 6.71. The summed E-state index contributed by atoms with van der Waals surface area (Å²) in [5, 5.41) is 4.39. The van der Waals surface area contributed by atoms with E-state index in [1.807, 2.05) is 0 Å². The summed E-state index contributed by atoms with van der Waals surface area (Å²) >= 11 is 1.77. The van der Waals surface area contributed by atoms with E-state index in [1.54, 1.807) is 11.3 Å². The Bertz CT molecular complexity index is 360. The van der Waals surface area contributed by atoms with Gasteiger partial charge in [0.25, 0.3) is 0 Å². The second-order valence-electron chi connectivity index (χ2n) is 7.53. The maximum Gasteiger partial charge on any atom is 0.0205 e. The van der Waals surface area contributed by atoms with Gasteiger partial charge < -0.3 is 5.73 Å². The highest BCUT2D eigenvalue weighted by Crippen LogP contribution is 2.50. The molecule has 1 aliphatic carbocycles. The first-order valence-corrected chi connectivity index (χ1v) is 7.44. The Morgan fingerprint density at radius 3 is 2.18 bits per heavy atom. The molecule has 96 valence electrons. The van der Waals surface area contributed by atoms with Gasteiger partial charge in [-0.15, -0.1) is 0 Å². The Labute approximate surface area is 109 Å². The number of hydrogen-bond donors (Lipinski definition) is 1. The Hall–Kier alpha value is -0.340. The average Bonchev–Trinajstić information content (AvgIpc) is 2.47. The zero-order chi connectivity index (χ0) is 12.7. The molecular weight excluding hydrogens is 226 g/mol. The Balaban J connectivity index is 2.18. The quantitative estimate of drug-likeness (QED) is 0.836. The molecule has 0 saturated heterocycles. The van der Waals surface area contributed by atoms with Gasteiger partial charge in [0, 0.05) is 5.54 Å². The lowest BCUT2D eigenvalue weighted by Gasteiger charge is -2.50. The van der Waals surface area contributed by atoms with Gasteiger partial charge in [-0.2, -0.15) is 11.3 Å². The third-order valence-electron chi connectivity index (χ3n) is 3.75. The van der Waals surface area contributed by atoms with Crippen LogP contribution in [0.15, 0.2) is 16.8 Å². The summed E-state index contributed by atoms with van der Waals surface area (Å²) in [6.07, 6.45) is 4.59. The number of nitrogens with two attached hydrogens (primary N) is 1. The third-order valence-corrected chi connectivity index (χ3v) is 4.49. The van der Waals surface area contributed by atoms with Crippen LogP contribution < -0.4 is 5.73 Å². The molecule has 1 aromatic heterocycles. The first-order valence-electron chi connectivity index (χ1n) is 6.50. The lowest BCUT2D eigenvalue weighted by Crippen LogP contribution is -2.53. The molecule has 0 spiro atoms. The topological polar surface area (TPSA) is 26.0 Å². The van der Waals surface area contributed by atoms with Crippen LogP contribution in [0.1, 0.15) is 52.5 Å². The second kappa shape index (κ2) is 4.10. The van der Waals surface area contributed by atoms with Gasteiger partial charge in [-0.05, 0) is 58.9 Å². The molecule has 0 atom stereocenters. The molecular formula is C15H25NS. The highest BCUT2D eigenvalue weighted by molar-refractivity contribution is 7.07. The van der Waals surface area contributed by atoms with Gasteiger partial charge in [-0.25, -0.2) is 0 Å². The van der Waals surface area contributed by atoms with Gasteiger partial charge in [0.05, 0.1) is 0 Å². The van der Waals surface area contributed by atoms with Crippen molar-refractivity contribution in [1.29, 1.82) is 0 Å². The highest BCUT2D eigenvalue weighted by atomic mass is 32.1. The molecule has 1 saturated carbocycles. The molecule has 17 heavy (non-hydrogen) atoms. The van der Waals surface area contributed by atoms with Crippen LogP contribution in [0.2, 0.25) is 0 Å². The van der Waals surface area contributed by atoms with Crippen LogP contribution in [0.25, 0.3) is 0 Å². The monoisotopic (exact) mass is 251 g/mol. The first-order chi connectivity index (χ1) is 7.70. The van der Waals surface area contributed by atoms with Crippen LogP contribution in [0.3, 0.4) is 0 Å². The molecule has 0 amide bonds. The standard InChI is InChI=1S/C15H25NS/c1-13(2)9-14(3,4)11-15(16,10-13)7-12-5-6-17-8-12/h5-6,8H,7,9-11,16H2,1-4H3. The van der Waals surface area contributed by atoms with E-state index in [2.05, 4.69) is 44.5 Å². The lowest BCUT2D eigenvalue weighted by atomic mass is 9.57. The summed E-state index contributed by atoms with van der Waals surface area (Å²) < 4.78 is 0. The summed E-state index contributed by atoms with van der Waals surface area (Å²) in [6, 6.07) is 2.22. The average molecular weight is 251 g/mol. The second-order valence-corrected chi connectivity index (χ2v) is 8.31. The van der Waals surface area contributed by atoms with Crippen molar-refractivity contribution in [2.24, 2.45) is 16.6 Å². The van der Waals surface area contributed by atoms with Gasteiger partial charge in [0.2, 0.25) is 0 Å². The molecule has 1 fully saturated rings. The highest BCUT2D eigenvalue weighted by Gasteiger charge is 2.45. The zero-order valence-electron chi connectivity index (χ0n) is 11.5. The summed E-state index contributed by atoms with van der Waals surface area (Å²) in [5.41, 5.74) is 8.83. The van der Waals surface area contributed by atoms with E-state index in [0.717, 1.165) is 19.3 Å². The van der Waals surface area contributed by atoms with Crippen LogP contribution in [-0.2, 0) is 6.42 Å². The van der Waals surface area contributed by atoms with Crippen LogP contribution in [0.4, 0.5) is 0 Å². The van der Waals surface area contributed by atoms with Crippen molar-refractivity contribution in [3.05, 3.63) is 22.4 Å². The fourth-order valence-electron chi connectivity index (χ4n) is 4.31. The van der Waals surface area contributed by atoms with Gasteiger partial charge in [0.1, 0.15) is 0 Å². The predicted molar refractivity (Wildman–Crippen MR) is 76.4 cm³/mol. The SMILES string of the molecule is CC1(C)CC(C)(C)CC(N)(Cc2ccsc2)C1. The van der Waals surface area contributed by atoms with E-state index >= 15 is 0 Å². The van der Waals surface area contributed by atoms with Gasteiger partial charge in [-0.3, -0.25) is 0 Å². The van der Waals surface area contributed by atoms with Crippen molar-refractivity contribution in [3.63, 3.8) is 0 Å². The van der Waals surface area contributed by atoms with Crippen molar-refractivity contribution in [1.82, 2.24) is 0 Å². The first kappa shape index (κ1) is 13.1. The largest absolute Gasteiger partial charge is 0.325 e. The zero-order valence-corrected chi connectivity index (χ0v) is 12.4. The Kier molecular flexibility index (Phi) is 3.16. The molecule has 2 heteroatoms. The molecule has 1 aliphatic rings. The van der Waals surface area contributed by atoms with E-state index < -0.39 is 0 Å². The molecule has 2 rings (SSSR count). The summed E-state index contributed by atoms with van der Waals surface area (Å²) in [6.45, 7) is 9.46. The fraction of sp³-hybridized carbons (Fsp3) is 0.733. The number of hydrogen-bond acceptors (Lipinski definition) is 2. The normalized spacial score (nSPS) is 25.7. The molecule has 0 bridgehead atoms. The number of rotatable bonds is 2. The van der Waals surface area contributed by atoms with E-state index in [0.29, 0.717) is 10.8 Å². The Morgan fingerprint density at radius 1 is 1.12 bits per heavy atom. The predicted octanol–water partition coefficient (Wildman–Crippen LogP) is 4.22. The molecule has 0 aliphatic heterocycles. The minimum atomic E-state index is -0.0215. The van der Waals surface area contributed by atoms with Crippen molar-refractivity contribution >= 4 is 11.3 Å². The van der Waals surface area contributed by atoms with E-state index in [1.165, 1.54) is 12.0 Å². The summed E-state index contributed by atoms with van der Waals surface area (Å²) in [7, 11) is 0. The smallest absolute Gasteiger partial charge is 0.0205 e. The van der Waals surface area contributed by atoms with Crippen LogP contribution in [-0.4, -0.2) is 5.54 Å². The van der Waals surface area contributed by atoms with E-state index in [4.69, 9.17) is 5.73 Å². The lowest BCUT2D eigenvalue weighted by molar-refractivity contribution is 0.0488. The van der Waals surface area contributed by atoms with Crippen LogP contribution in [0.5, 0.6) is 0 Å². The molecule has 0 unspecified atom stereocenters. The molecule has 0 radical (unpaired) electrons. The third kappa shape index (κ3) is 3.32. The molecule has 1 aromatic rings. The van der Waals surface area contributed by atoms with Crippen molar-refractivity contribution < 1.29 is 0 Å². The van der Waals surface area contributed by atoms with Crippen molar-refractivity contribution in [2.75, 3.05) is 0 Å². The van der Waals surface area contributed by atoms with E-state index in [9.17, 15) is 0 Å². The number of thiophene rings is 1. The van der Waals surface area contributed by atoms with Gasteiger partial charge in [0.15, 0.2) is 0 Å². The Morgan fingerprint density at radius 2 is 1.71 bits per heavy atom. The van der Waals surface area contributed by atoms with Gasteiger partial charge >= 0.3 is 0 Å². The minimum absolute atomic E-state index is 0.0215. The van der Waals surface area contributed by atoms with Crippen molar-refractivity contribution in [3.8, 4) is 0 Å².